The van der Waals surface area contributed by atoms with Crippen molar-refractivity contribution in [1.82, 2.24) is 9.55 Å². The van der Waals surface area contributed by atoms with Gasteiger partial charge in [0.25, 0.3) is 0 Å². The molecule has 3 rings (SSSR count). The maximum atomic E-state index is 13.1. The van der Waals surface area contributed by atoms with E-state index in [1.807, 2.05) is 4.90 Å². The van der Waals surface area contributed by atoms with Gasteiger partial charge in [0, 0.05) is 31.9 Å². The molecule has 1 aromatic carbocycles. The Labute approximate surface area is 154 Å². The fourth-order valence-corrected chi connectivity index (χ4v) is 3.21. The lowest BCUT2D eigenvalue weighted by molar-refractivity contribution is -0.386. The van der Waals surface area contributed by atoms with Crippen molar-refractivity contribution in [3.8, 4) is 0 Å². The maximum absolute atomic E-state index is 13.1. The normalized spacial score (nSPS) is 14.5. The molecule has 144 valence electrons. The van der Waals surface area contributed by atoms with Gasteiger partial charge in [-0.3, -0.25) is 19.5 Å². The fraction of sp³-hybridized carbons (Fsp3) is 0.412. The van der Waals surface area contributed by atoms with Gasteiger partial charge in [0.15, 0.2) is 0 Å². The van der Waals surface area contributed by atoms with Gasteiger partial charge >= 0.3 is 11.2 Å². The van der Waals surface area contributed by atoms with Gasteiger partial charge in [0.05, 0.1) is 18.1 Å². The topological polar surface area (TPSA) is 105 Å². The number of rotatable bonds is 5. The number of aromatic nitrogens is 2. The van der Waals surface area contributed by atoms with Gasteiger partial charge in [-0.2, -0.15) is 0 Å². The minimum Gasteiger partial charge on any atom is -0.395 e. The van der Waals surface area contributed by atoms with Gasteiger partial charge < -0.3 is 14.9 Å². The highest BCUT2D eigenvalue weighted by Crippen LogP contribution is 2.25. The van der Waals surface area contributed by atoms with Crippen LogP contribution in [0.25, 0.3) is 0 Å². The molecule has 1 saturated heterocycles. The van der Waals surface area contributed by atoms with Crippen LogP contribution < -0.4 is 15.4 Å². The van der Waals surface area contributed by atoms with E-state index >= 15 is 0 Å². The van der Waals surface area contributed by atoms with E-state index in [2.05, 4.69) is 4.98 Å². The van der Waals surface area contributed by atoms with Crippen molar-refractivity contribution >= 4 is 17.2 Å². The maximum Gasteiger partial charge on any atom is 0.376 e. The van der Waals surface area contributed by atoms with Crippen molar-refractivity contribution in [1.29, 1.82) is 0 Å². The van der Waals surface area contributed by atoms with Crippen LogP contribution >= 0.6 is 0 Å². The Morgan fingerprint density at radius 1 is 1.19 bits per heavy atom. The molecule has 0 aliphatic carbocycles. The predicted octanol–water partition coefficient (Wildman–Crippen LogP) is 0.918. The largest absolute Gasteiger partial charge is 0.395 e. The highest BCUT2D eigenvalue weighted by Gasteiger charge is 2.30. The molecular formula is C17H20FN5O4. The van der Waals surface area contributed by atoms with Gasteiger partial charge in [0.1, 0.15) is 11.6 Å². The molecular weight excluding hydrogens is 357 g/mol. The standard InChI is InChI=1S/C17H20FN5O4/c1-12-19-16(15(23(26)27)17(25)22(12)10-11-24)21-8-6-20(7-9-21)14-4-2-13(18)3-5-14/h2-5,24H,6-11H2,1H3. The van der Waals surface area contributed by atoms with Crippen LogP contribution in [0.4, 0.5) is 21.6 Å². The van der Waals surface area contributed by atoms with Gasteiger partial charge in [-0.05, 0) is 31.2 Å². The van der Waals surface area contributed by atoms with E-state index in [1.54, 1.807) is 24.0 Å². The number of hydrogen-bond acceptors (Lipinski definition) is 7. The highest BCUT2D eigenvalue weighted by atomic mass is 19.1. The first kappa shape index (κ1) is 18.8. The third-order valence-corrected chi connectivity index (χ3v) is 4.60. The SMILES string of the molecule is Cc1nc(N2CCN(c3ccc(F)cc3)CC2)c([N+](=O)[O-])c(=O)n1CCO. The summed E-state index contributed by atoms with van der Waals surface area (Å²) in [6.45, 7) is 3.22. The van der Waals surface area contributed by atoms with E-state index in [-0.39, 0.29) is 24.8 Å². The van der Waals surface area contributed by atoms with Crippen LogP contribution in [0.1, 0.15) is 5.82 Å². The summed E-state index contributed by atoms with van der Waals surface area (Å²) in [6.07, 6.45) is 0. The third kappa shape index (κ3) is 3.75. The van der Waals surface area contributed by atoms with Crippen LogP contribution in [0.2, 0.25) is 0 Å². The van der Waals surface area contributed by atoms with Gasteiger partial charge in [0.2, 0.25) is 5.82 Å². The average molecular weight is 377 g/mol. The molecule has 10 heteroatoms. The summed E-state index contributed by atoms with van der Waals surface area (Å²) in [6, 6.07) is 6.15. The molecule has 27 heavy (non-hydrogen) atoms. The number of aliphatic hydroxyl groups excluding tert-OH is 1. The summed E-state index contributed by atoms with van der Waals surface area (Å²) < 4.78 is 14.2. The second-order valence-corrected chi connectivity index (χ2v) is 6.22. The van der Waals surface area contributed by atoms with Crippen LogP contribution in [-0.4, -0.2) is 52.4 Å². The molecule has 9 nitrogen and oxygen atoms in total. The summed E-state index contributed by atoms with van der Waals surface area (Å²) in [7, 11) is 0. The zero-order chi connectivity index (χ0) is 19.6. The number of aryl methyl sites for hydroxylation is 1. The summed E-state index contributed by atoms with van der Waals surface area (Å²) in [5.41, 5.74) is -0.477. The number of nitro groups is 1. The van der Waals surface area contributed by atoms with Crippen LogP contribution in [0.3, 0.4) is 0 Å². The number of piperazine rings is 1. The molecule has 1 aliphatic rings. The van der Waals surface area contributed by atoms with E-state index < -0.39 is 16.2 Å². The van der Waals surface area contributed by atoms with Crippen LogP contribution in [0, 0.1) is 22.9 Å². The van der Waals surface area contributed by atoms with E-state index in [0.29, 0.717) is 32.0 Å². The second-order valence-electron chi connectivity index (χ2n) is 6.22. The Morgan fingerprint density at radius 2 is 1.78 bits per heavy atom. The molecule has 2 heterocycles. The molecule has 0 saturated carbocycles. The molecule has 1 aliphatic heterocycles. The minimum absolute atomic E-state index is 0.0445. The van der Waals surface area contributed by atoms with E-state index in [0.717, 1.165) is 10.3 Å². The van der Waals surface area contributed by atoms with E-state index in [1.165, 1.54) is 12.1 Å². The first-order chi connectivity index (χ1) is 12.9. The molecule has 1 N–H and O–H groups in total. The zero-order valence-corrected chi connectivity index (χ0v) is 14.8. The molecule has 0 radical (unpaired) electrons. The zero-order valence-electron chi connectivity index (χ0n) is 14.8. The number of aliphatic hydroxyl groups is 1. The van der Waals surface area contributed by atoms with Gasteiger partial charge in [-0.25, -0.2) is 9.37 Å². The number of halogens is 1. The number of hydrogen-bond donors (Lipinski definition) is 1. The summed E-state index contributed by atoms with van der Waals surface area (Å²) in [5.74, 6) is 0.0576. The summed E-state index contributed by atoms with van der Waals surface area (Å²) in [4.78, 5) is 31.3. The third-order valence-electron chi connectivity index (χ3n) is 4.60. The lowest BCUT2D eigenvalue weighted by Gasteiger charge is -2.36. The average Bonchev–Trinajstić information content (AvgIpc) is 2.65. The summed E-state index contributed by atoms with van der Waals surface area (Å²) >= 11 is 0. The molecule has 2 aromatic rings. The van der Waals surface area contributed by atoms with E-state index in [4.69, 9.17) is 5.11 Å². The molecule has 1 fully saturated rings. The Kier molecular flexibility index (Phi) is 5.36. The first-order valence-electron chi connectivity index (χ1n) is 8.54. The van der Waals surface area contributed by atoms with Crippen molar-refractivity contribution < 1.29 is 14.4 Å². The number of benzene rings is 1. The van der Waals surface area contributed by atoms with Crippen LogP contribution in [0.5, 0.6) is 0 Å². The van der Waals surface area contributed by atoms with Crippen molar-refractivity contribution in [2.75, 3.05) is 42.6 Å². The Bertz CT molecular complexity index is 891. The molecule has 1 aromatic heterocycles. The summed E-state index contributed by atoms with van der Waals surface area (Å²) in [5, 5.41) is 20.6. The monoisotopic (exact) mass is 377 g/mol. The highest BCUT2D eigenvalue weighted by molar-refractivity contribution is 5.58. The second kappa shape index (κ2) is 7.70. The smallest absolute Gasteiger partial charge is 0.376 e. The van der Waals surface area contributed by atoms with Gasteiger partial charge in [-0.1, -0.05) is 0 Å². The van der Waals surface area contributed by atoms with Crippen LogP contribution in [-0.2, 0) is 6.54 Å². The number of anilines is 2. The molecule has 0 spiro atoms. The lowest BCUT2D eigenvalue weighted by atomic mass is 10.2. The fourth-order valence-electron chi connectivity index (χ4n) is 3.21. The lowest BCUT2D eigenvalue weighted by Crippen LogP contribution is -2.47. The molecule has 0 atom stereocenters. The van der Waals surface area contributed by atoms with Crippen LogP contribution in [0.15, 0.2) is 29.1 Å². The van der Waals surface area contributed by atoms with Crippen molar-refractivity contribution in [2.45, 2.75) is 13.5 Å². The van der Waals surface area contributed by atoms with Crippen molar-refractivity contribution in [3.05, 3.63) is 56.4 Å². The Hall–Kier alpha value is -3.01. The van der Waals surface area contributed by atoms with Crippen molar-refractivity contribution in [2.24, 2.45) is 0 Å². The number of nitrogens with zero attached hydrogens (tertiary/aromatic N) is 5. The minimum atomic E-state index is -0.766. The molecule has 0 unspecified atom stereocenters. The first-order valence-corrected chi connectivity index (χ1v) is 8.54. The Balaban J connectivity index is 1.86. The van der Waals surface area contributed by atoms with E-state index in [9.17, 15) is 19.3 Å². The van der Waals surface area contributed by atoms with Crippen molar-refractivity contribution in [3.63, 3.8) is 0 Å². The molecule has 0 bridgehead atoms. The quantitative estimate of drug-likeness (QED) is 0.610. The molecule has 0 amide bonds. The predicted molar refractivity (Wildman–Crippen MR) is 97.8 cm³/mol. The Morgan fingerprint density at radius 3 is 2.33 bits per heavy atom. The van der Waals surface area contributed by atoms with Gasteiger partial charge in [-0.15, -0.1) is 0 Å².